The summed E-state index contributed by atoms with van der Waals surface area (Å²) in [5.41, 5.74) is 17.9. The third kappa shape index (κ3) is 4.92. The quantitative estimate of drug-likeness (QED) is 0.155. The molecule has 69 heavy (non-hydrogen) atoms. The van der Waals surface area contributed by atoms with Crippen molar-refractivity contribution in [2.24, 2.45) is 0 Å². The molecule has 0 fully saturated rings. The molecule has 2 heteroatoms. The maximum atomic E-state index is 2.54. The number of hydrogen-bond acceptors (Lipinski definition) is 2. The molecule has 2 aliphatic carbocycles. The van der Waals surface area contributed by atoms with Crippen LogP contribution in [0, 0.1) is 0 Å². The first-order chi connectivity index (χ1) is 34.3. The van der Waals surface area contributed by atoms with Crippen molar-refractivity contribution in [1.82, 2.24) is 0 Å². The summed E-state index contributed by atoms with van der Waals surface area (Å²) in [4.78, 5) is 0. The highest BCUT2D eigenvalue weighted by Crippen LogP contribution is 2.66. The Balaban J connectivity index is 1.07. The highest BCUT2D eigenvalue weighted by Gasteiger charge is 2.53. The third-order valence-electron chi connectivity index (χ3n) is 15.7. The lowest BCUT2D eigenvalue weighted by atomic mass is 9.69. The molecule has 0 saturated heterocycles. The Bertz CT molecular complexity index is 4390. The second-order valence-corrected chi connectivity index (χ2v) is 21.1. The van der Waals surface area contributed by atoms with E-state index in [1.165, 1.54) is 151 Å². The molecule has 2 aromatic heterocycles. The fourth-order valence-electron chi connectivity index (χ4n) is 13.1. The van der Waals surface area contributed by atoms with Gasteiger partial charge in [0.2, 0.25) is 0 Å². The first kappa shape index (κ1) is 37.9. The molecule has 1 atom stereocenters. The molecule has 1 unspecified atom stereocenters. The summed E-state index contributed by atoms with van der Waals surface area (Å²) in [6.07, 6.45) is 0. The van der Waals surface area contributed by atoms with Crippen LogP contribution in [0.4, 0.5) is 0 Å². The molecule has 0 radical (unpaired) electrons. The van der Waals surface area contributed by atoms with Crippen LogP contribution in [0.15, 0.2) is 231 Å². The van der Waals surface area contributed by atoms with Crippen LogP contribution in [0.25, 0.3) is 128 Å². The van der Waals surface area contributed by atoms with Crippen molar-refractivity contribution in [3.8, 4) is 55.6 Å². The first-order valence-corrected chi connectivity index (χ1v) is 25.5. The topological polar surface area (TPSA) is 0 Å². The fraction of sp³-hybridized carbons (Fsp3) is 0.0149. The van der Waals surface area contributed by atoms with Crippen LogP contribution in [-0.4, -0.2) is 0 Å². The minimum absolute atomic E-state index is 0.503. The highest BCUT2D eigenvalue weighted by atomic mass is 32.1. The van der Waals surface area contributed by atoms with Gasteiger partial charge in [0.05, 0.1) is 5.41 Å². The average molecular weight is 907 g/mol. The van der Waals surface area contributed by atoms with Gasteiger partial charge in [0.15, 0.2) is 0 Å². The summed E-state index contributed by atoms with van der Waals surface area (Å²) in [5, 5.41) is 12.9. The van der Waals surface area contributed by atoms with Gasteiger partial charge in [0.1, 0.15) is 0 Å². The van der Waals surface area contributed by atoms with E-state index in [0.29, 0.717) is 0 Å². The smallest absolute Gasteiger partial charge is 0.0731 e. The van der Waals surface area contributed by atoms with Crippen molar-refractivity contribution in [2.45, 2.75) is 5.41 Å². The van der Waals surface area contributed by atoms with Crippen molar-refractivity contribution in [3.05, 3.63) is 253 Å². The van der Waals surface area contributed by atoms with Crippen LogP contribution in [0.5, 0.6) is 0 Å². The van der Waals surface area contributed by atoms with Crippen molar-refractivity contribution in [2.75, 3.05) is 0 Å². The summed E-state index contributed by atoms with van der Waals surface area (Å²) >= 11 is 3.78. The van der Waals surface area contributed by atoms with E-state index in [-0.39, 0.29) is 0 Å². The molecule has 2 heterocycles. The van der Waals surface area contributed by atoms with E-state index >= 15 is 0 Å². The van der Waals surface area contributed by atoms with E-state index < -0.39 is 5.41 Å². The summed E-state index contributed by atoms with van der Waals surface area (Å²) in [6, 6.07) is 87.8. The van der Waals surface area contributed by atoms with Crippen LogP contribution < -0.4 is 0 Å². The summed E-state index contributed by atoms with van der Waals surface area (Å²) in [6.45, 7) is 0. The zero-order chi connectivity index (χ0) is 45.0. The lowest BCUT2D eigenvalue weighted by Crippen LogP contribution is -2.26. The summed E-state index contributed by atoms with van der Waals surface area (Å²) < 4.78 is 5.27. The third-order valence-corrected chi connectivity index (χ3v) is 18.0. The van der Waals surface area contributed by atoms with Crippen molar-refractivity contribution in [3.63, 3.8) is 0 Å². The normalized spacial score (nSPS) is 14.7. The molecule has 14 aromatic rings. The van der Waals surface area contributed by atoms with E-state index in [2.05, 4.69) is 231 Å². The number of fused-ring (bicyclic) bond motifs is 20. The molecule has 2 aliphatic rings. The minimum atomic E-state index is -0.503. The van der Waals surface area contributed by atoms with Gasteiger partial charge in [-0.25, -0.2) is 0 Å². The zero-order valence-electron chi connectivity index (χ0n) is 37.3. The van der Waals surface area contributed by atoms with Gasteiger partial charge in [-0.15, -0.1) is 22.7 Å². The highest BCUT2D eigenvalue weighted by molar-refractivity contribution is 7.26. The van der Waals surface area contributed by atoms with Gasteiger partial charge >= 0.3 is 0 Å². The van der Waals surface area contributed by atoms with Crippen LogP contribution >= 0.6 is 22.7 Å². The van der Waals surface area contributed by atoms with Gasteiger partial charge in [0, 0.05) is 40.3 Å². The van der Waals surface area contributed by atoms with Crippen molar-refractivity contribution < 1.29 is 0 Å². The molecule has 12 aromatic carbocycles. The Kier molecular flexibility index (Phi) is 7.67. The molecular formula is C67H38S2. The number of benzene rings is 12. The van der Waals surface area contributed by atoms with E-state index in [0.717, 1.165) is 0 Å². The molecule has 16 rings (SSSR count). The van der Waals surface area contributed by atoms with Gasteiger partial charge in [-0.2, -0.15) is 0 Å². The van der Waals surface area contributed by atoms with E-state index in [4.69, 9.17) is 0 Å². The van der Waals surface area contributed by atoms with Crippen molar-refractivity contribution >= 4 is 95.3 Å². The van der Waals surface area contributed by atoms with Gasteiger partial charge in [-0.1, -0.05) is 200 Å². The number of rotatable bonds is 3. The van der Waals surface area contributed by atoms with Gasteiger partial charge in [-0.05, 0) is 141 Å². The lowest BCUT2D eigenvalue weighted by Gasteiger charge is -2.31. The Morgan fingerprint density at radius 1 is 0.246 bits per heavy atom. The Morgan fingerprint density at radius 3 is 1.36 bits per heavy atom. The minimum Gasteiger partial charge on any atom is -0.135 e. The molecule has 0 aliphatic heterocycles. The maximum Gasteiger partial charge on any atom is 0.0731 e. The second kappa shape index (κ2) is 14.0. The Morgan fingerprint density at radius 2 is 0.696 bits per heavy atom. The molecule has 0 amide bonds. The average Bonchev–Trinajstić information content (AvgIpc) is 4.15. The molecule has 0 saturated carbocycles. The molecule has 318 valence electrons. The van der Waals surface area contributed by atoms with Gasteiger partial charge in [-0.3, -0.25) is 0 Å². The lowest BCUT2D eigenvalue weighted by molar-refractivity contribution is 0.801. The zero-order valence-corrected chi connectivity index (χ0v) is 38.9. The fourth-order valence-corrected chi connectivity index (χ4v) is 15.4. The number of hydrogen-bond donors (Lipinski definition) is 0. The van der Waals surface area contributed by atoms with E-state index in [1.54, 1.807) is 0 Å². The monoisotopic (exact) mass is 906 g/mol. The standard InChI is InChI=1S/C67H38S2/c1-2-17-40-39(16-1)36-37-48-43-18-3-7-29-55(43)67(66(40)48)56-30-8-4-19-49(56)63-52(28-13-31-57(63)67)62-46-24-11-22-41(44-26-14-34-60-64(44)50-20-5-9-32-58(50)68-60)53(46)38-54-42(23-12-25-47(54)62)45-27-15-35-61-65(45)51-21-6-10-33-59(51)69-61/h1-38H. The van der Waals surface area contributed by atoms with Crippen LogP contribution in [0.3, 0.4) is 0 Å². The molecule has 0 bridgehead atoms. The molecule has 1 spiro atoms. The molecule has 0 nitrogen and oxygen atoms in total. The summed E-state index contributed by atoms with van der Waals surface area (Å²) in [5.74, 6) is 0. The predicted molar refractivity (Wildman–Crippen MR) is 297 cm³/mol. The predicted octanol–water partition coefficient (Wildman–Crippen LogP) is 19.2. The Hall–Kier alpha value is -8.14. The van der Waals surface area contributed by atoms with Crippen LogP contribution in [0.1, 0.15) is 22.3 Å². The second-order valence-electron chi connectivity index (χ2n) is 18.9. The SMILES string of the molecule is c1ccc2c(c1)-c1ccc3ccccc3c1C21c2ccccc2-c2c(-c3c4cccc(-c5cccc6sc7ccccc7c56)c4cc4c(-c5cccc6sc7ccccc7c56)cccc34)cccc21. The Labute approximate surface area is 406 Å². The molecule has 0 N–H and O–H groups in total. The van der Waals surface area contributed by atoms with Gasteiger partial charge < -0.3 is 0 Å². The maximum absolute atomic E-state index is 2.54. The first-order valence-electron chi connectivity index (χ1n) is 23.9. The number of thiophene rings is 2. The van der Waals surface area contributed by atoms with E-state index in [1.807, 2.05) is 22.7 Å². The molecular weight excluding hydrogens is 869 g/mol. The summed E-state index contributed by atoms with van der Waals surface area (Å²) in [7, 11) is 0. The van der Waals surface area contributed by atoms with Crippen LogP contribution in [0.2, 0.25) is 0 Å². The van der Waals surface area contributed by atoms with E-state index in [9.17, 15) is 0 Å². The van der Waals surface area contributed by atoms with Gasteiger partial charge in [0.25, 0.3) is 0 Å². The van der Waals surface area contributed by atoms with Crippen LogP contribution in [-0.2, 0) is 5.41 Å². The largest absolute Gasteiger partial charge is 0.135 e. The van der Waals surface area contributed by atoms with Crippen molar-refractivity contribution in [1.29, 1.82) is 0 Å².